The van der Waals surface area contributed by atoms with E-state index < -0.39 is 0 Å². The van der Waals surface area contributed by atoms with Crippen molar-refractivity contribution in [3.63, 3.8) is 0 Å². The van der Waals surface area contributed by atoms with E-state index >= 15 is 0 Å². The molecule has 2 N–H and O–H groups in total. The van der Waals surface area contributed by atoms with E-state index in [1.165, 1.54) is 16.0 Å². The third-order valence-electron chi connectivity index (χ3n) is 4.89. The van der Waals surface area contributed by atoms with Crippen LogP contribution in [0.1, 0.15) is 29.5 Å². The molecular weight excluding hydrogens is 368 g/mol. The van der Waals surface area contributed by atoms with Crippen LogP contribution < -0.4 is 15.5 Å². The second-order valence-corrected chi connectivity index (χ2v) is 7.76. The molecule has 3 rings (SSSR count). The summed E-state index contributed by atoms with van der Waals surface area (Å²) < 4.78 is 0. The van der Waals surface area contributed by atoms with Gasteiger partial charge in [-0.1, -0.05) is 24.3 Å². The van der Waals surface area contributed by atoms with Gasteiger partial charge in [-0.3, -0.25) is 9.79 Å². The van der Waals surface area contributed by atoms with Crippen molar-refractivity contribution in [3.8, 4) is 0 Å². The predicted molar refractivity (Wildman–Crippen MR) is 118 cm³/mol. The number of carbonyl (C=O) groups excluding carboxylic acids is 1. The summed E-state index contributed by atoms with van der Waals surface area (Å²) in [6.07, 6.45) is 3.71. The lowest BCUT2D eigenvalue weighted by atomic mass is 10.1. The normalized spacial score (nSPS) is 14.5. The first kappa shape index (κ1) is 20.3. The van der Waals surface area contributed by atoms with Gasteiger partial charge in [0, 0.05) is 43.7 Å². The highest BCUT2D eigenvalue weighted by Crippen LogP contribution is 2.22. The predicted octanol–water partition coefficient (Wildman–Crippen LogP) is 3.71. The van der Waals surface area contributed by atoms with E-state index in [1.807, 2.05) is 17.0 Å². The molecule has 1 heterocycles. The minimum Gasteiger partial charge on any atom is -0.352 e. The second-order valence-electron chi connectivity index (χ2n) is 6.91. The zero-order chi connectivity index (χ0) is 19.9. The van der Waals surface area contributed by atoms with Crippen LogP contribution >= 0.6 is 11.8 Å². The molecule has 1 aliphatic heterocycles. The third-order valence-corrected chi connectivity index (χ3v) is 5.71. The van der Waals surface area contributed by atoms with E-state index in [2.05, 4.69) is 59.1 Å². The molecule has 0 aliphatic carbocycles. The average Bonchev–Trinajstić information content (AvgIpc) is 3.15. The van der Waals surface area contributed by atoms with Crippen molar-refractivity contribution >= 4 is 29.3 Å². The molecule has 1 fully saturated rings. The molecule has 5 nitrogen and oxygen atoms in total. The van der Waals surface area contributed by atoms with Gasteiger partial charge in [-0.25, -0.2) is 0 Å². The lowest BCUT2D eigenvalue weighted by molar-refractivity contribution is -0.117. The zero-order valence-electron chi connectivity index (χ0n) is 16.8. The number of thioether (sulfide) groups is 1. The first-order chi connectivity index (χ1) is 13.6. The number of anilines is 1. The summed E-state index contributed by atoms with van der Waals surface area (Å²) in [7, 11) is 1.78. The van der Waals surface area contributed by atoms with Crippen LogP contribution in [-0.2, 0) is 17.9 Å². The fraction of sp³-hybridized carbons (Fsp3) is 0.364. The SMILES string of the molecule is CN=C(NCc1ccc(N2CCCC2=O)cc1)NCc1ccc(C)cc1SC. The standard InChI is InChI=1S/C22H28N4OS/c1-16-6-9-18(20(13-16)28-3)15-25-22(23-2)24-14-17-7-10-19(11-8-17)26-12-4-5-21(26)27/h6-11,13H,4-5,12,14-15H2,1-3H3,(H2,23,24,25). The van der Waals surface area contributed by atoms with Crippen LogP contribution in [0.15, 0.2) is 52.4 Å². The minimum atomic E-state index is 0.219. The van der Waals surface area contributed by atoms with Crippen LogP contribution in [0.3, 0.4) is 0 Å². The molecule has 148 valence electrons. The minimum absolute atomic E-state index is 0.219. The van der Waals surface area contributed by atoms with Gasteiger partial charge in [-0.05, 0) is 54.5 Å². The summed E-state index contributed by atoms with van der Waals surface area (Å²) in [5.41, 5.74) is 4.67. The van der Waals surface area contributed by atoms with Gasteiger partial charge in [0.1, 0.15) is 0 Å². The maximum absolute atomic E-state index is 11.9. The number of hydrogen-bond acceptors (Lipinski definition) is 3. The molecule has 0 saturated carbocycles. The second kappa shape index (κ2) is 9.64. The summed E-state index contributed by atoms with van der Waals surface area (Å²) in [6.45, 7) is 4.34. The molecule has 1 amide bonds. The highest BCUT2D eigenvalue weighted by molar-refractivity contribution is 7.98. The monoisotopic (exact) mass is 396 g/mol. The maximum atomic E-state index is 11.9. The van der Waals surface area contributed by atoms with E-state index in [-0.39, 0.29) is 5.91 Å². The lowest BCUT2D eigenvalue weighted by Crippen LogP contribution is -2.36. The van der Waals surface area contributed by atoms with Crippen LogP contribution in [-0.4, -0.2) is 31.7 Å². The van der Waals surface area contributed by atoms with Crippen molar-refractivity contribution in [3.05, 3.63) is 59.2 Å². The highest BCUT2D eigenvalue weighted by Gasteiger charge is 2.21. The molecular formula is C22H28N4OS. The molecule has 0 radical (unpaired) electrons. The molecule has 6 heteroatoms. The van der Waals surface area contributed by atoms with Gasteiger partial charge in [0.25, 0.3) is 0 Å². The van der Waals surface area contributed by atoms with Crippen LogP contribution in [0.5, 0.6) is 0 Å². The topological polar surface area (TPSA) is 56.7 Å². The summed E-state index contributed by atoms with van der Waals surface area (Å²) in [5, 5.41) is 6.74. The van der Waals surface area contributed by atoms with Crippen molar-refractivity contribution in [1.29, 1.82) is 0 Å². The van der Waals surface area contributed by atoms with Gasteiger partial charge in [-0.2, -0.15) is 0 Å². The van der Waals surface area contributed by atoms with Crippen molar-refractivity contribution in [2.45, 2.75) is 37.8 Å². The van der Waals surface area contributed by atoms with Crippen molar-refractivity contribution in [2.75, 3.05) is 24.7 Å². The number of guanidine groups is 1. The molecule has 1 saturated heterocycles. The van der Waals surface area contributed by atoms with E-state index in [4.69, 9.17) is 0 Å². The molecule has 2 aromatic carbocycles. The van der Waals surface area contributed by atoms with Crippen LogP contribution in [0.25, 0.3) is 0 Å². The molecule has 0 bridgehead atoms. The fourth-order valence-electron chi connectivity index (χ4n) is 3.30. The Bertz CT molecular complexity index is 848. The van der Waals surface area contributed by atoms with Crippen molar-refractivity contribution < 1.29 is 4.79 Å². The van der Waals surface area contributed by atoms with E-state index in [0.29, 0.717) is 13.0 Å². The smallest absolute Gasteiger partial charge is 0.227 e. The Morgan fingerprint density at radius 1 is 1.14 bits per heavy atom. The summed E-state index contributed by atoms with van der Waals surface area (Å²) in [6, 6.07) is 14.7. The number of rotatable bonds is 6. The largest absolute Gasteiger partial charge is 0.352 e. The van der Waals surface area contributed by atoms with Gasteiger partial charge in [0.15, 0.2) is 5.96 Å². The van der Waals surface area contributed by atoms with Gasteiger partial charge in [0.2, 0.25) is 5.91 Å². The Kier molecular flexibility index (Phi) is 6.98. The Morgan fingerprint density at radius 2 is 1.89 bits per heavy atom. The van der Waals surface area contributed by atoms with Crippen LogP contribution in [0.4, 0.5) is 5.69 Å². The molecule has 28 heavy (non-hydrogen) atoms. The number of benzene rings is 2. The first-order valence-electron chi connectivity index (χ1n) is 9.58. The van der Waals surface area contributed by atoms with Crippen molar-refractivity contribution in [1.82, 2.24) is 10.6 Å². The number of carbonyl (C=O) groups is 1. The number of hydrogen-bond donors (Lipinski definition) is 2. The molecule has 0 unspecified atom stereocenters. The quantitative estimate of drug-likeness (QED) is 0.444. The zero-order valence-corrected chi connectivity index (χ0v) is 17.6. The molecule has 0 atom stereocenters. The molecule has 2 aromatic rings. The van der Waals surface area contributed by atoms with E-state index in [0.717, 1.165) is 36.7 Å². The number of aryl methyl sites for hydroxylation is 1. The summed E-state index contributed by atoms with van der Waals surface area (Å²) in [4.78, 5) is 19.3. The van der Waals surface area contributed by atoms with Crippen molar-refractivity contribution in [2.24, 2.45) is 4.99 Å². The molecule has 1 aliphatic rings. The maximum Gasteiger partial charge on any atom is 0.227 e. The van der Waals surface area contributed by atoms with Gasteiger partial charge in [0.05, 0.1) is 0 Å². The van der Waals surface area contributed by atoms with Crippen LogP contribution in [0.2, 0.25) is 0 Å². The first-order valence-corrected chi connectivity index (χ1v) is 10.8. The number of nitrogens with zero attached hydrogens (tertiary/aromatic N) is 2. The van der Waals surface area contributed by atoms with E-state index in [9.17, 15) is 4.79 Å². The Balaban J connectivity index is 1.53. The average molecular weight is 397 g/mol. The number of amides is 1. The molecule has 0 spiro atoms. The summed E-state index contributed by atoms with van der Waals surface area (Å²) >= 11 is 1.76. The number of nitrogens with one attached hydrogen (secondary N) is 2. The van der Waals surface area contributed by atoms with Crippen LogP contribution in [0, 0.1) is 6.92 Å². The Hall–Kier alpha value is -2.47. The highest BCUT2D eigenvalue weighted by atomic mass is 32.2. The van der Waals surface area contributed by atoms with Gasteiger partial charge in [-0.15, -0.1) is 11.8 Å². The third kappa shape index (κ3) is 5.07. The summed E-state index contributed by atoms with van der Waals surface area (Å²) in [5.74, 6) is 0.989. The van der Waals surface area contributed by atoms with E-state index in [1.54, 1.807) is 18.8 Å². The Morgan fingerprint density at radius 3 is 2.54 bits per heavy atom. The van der Waals surface area contributed by atoms with Gasteiger partial charge >= 0.3 is 0 Å². The van der Waals surface area contributed by atoms with Gasteiger partial charge < -0.3 is 15.5 Å². The molecule has 0 aromatic heterocycles. The Labute approximate surface area is 171 Å². The fourth-order valence-corrected chi connectivity index (χ4v) is 4.00. The number of aliphatic imine (C=N–C) groups is 1. The lowest BCUT2D eigenvalue weighted by Gasteiger charge is -2.17.